The molecular formula is C13H21N3O. The number of piperazine rings is 1. The van der Waals surface area contributed by atoms with Crippen molar-refractivity contribution >= 4 is 0 Å². The van der Waals surface area contributed by atoms with Crippen molar-refractivity contribution in [3.8, 4) is 0 Å². The molecule has 1 aromatic heterocycles. The van der Waals surface area contributed by atoms with Crippen LogP contribution in [0.3, 0.4) is 0 Å². The summed E-state index contributed by atoms with van der Waals surface area (Å²) in [6.07, 6.45) is 3.84. The minimum Gasteiger partial charge on any atom is -0.388 e. The highest BCUT2D eigenvalue weighted by molar-refractivity contribution is 5.12. The maximum atomic E-state index is 10.2. The number of nitrogens with zero attached hydrogens (tertiary/aromatic N) is 3. The number of hydrogen-bond acceptors (Lipinski definition) is 4. The van der Waals surface area contributed by atoms with Crippen molar-refractivity contribution in [2.24, 2.45) is 0 Å². The molecule has 1 fully saturated rings. The van der Waals surface area contributed by atoms with Gasteiger partial charge in [0.2, 0.25) is 0 Å². The van der Waals surface area contributed by atoms with Crippen molar-refractivity contribution in [1.82, 2.24) is 14.8 Å². The van der Waals surface area contributed by atoms with Crippen molar-refractivity contribution in [2.75, 3.05) is 33.7 Å². The first kappa shape index (κ1) is 12.5. The second kappa shape index (κ2) is 5.58. The number of aliphatic hydroxyl groups excluding tert-OH is 1. The zero-order chi connectivity index (χ0) is 12.3. The number of aromatic nitrogens is 1. The standard InChI is InChI=1S/C13H21N3O/c1-15-6-7-16(2)12(10-15)8-13(17)11-4-3-5-14-9-11/h3-5,9,12-13,17H,6-8,10H2,1-2H3. The van der Waals surface area contributed by atoms with E-state index in [4.69, 9.17) is 0 Å². The van der Waals surface area contributed by atoms with Crippen LogP contribution in [0.25, 0.3) is 0 Å². The Labute approximate surface area is 103 Å². The van der Waals surface area contributed by atoms with Crippen LogP contribution in [0.1, 0.15) is 18.1 Å². The Morgan fingerprint density at radius 2 is 2.29 bits per heavy atom. The van der Waals surface area contributed by atoms with Gasteiger partial charge in [-0.1, -0.05) is 6.07 Å². The van der Waals surface area contributed by atoms with Crippen molar-refractivity contribution < 1.29 is 5.11 Å². The lowest BCUT2D eigenvalue weighted by Gasteiger charge is -2.38. The Bertz CT molecular complexity index is 344. The summed E-state index contributed by atoms with van der Waals surface area (Å²) in [6, 6.07) is 4.23. The molecule has 2 atom stereocenters. The molecule has 2 rings (SSSR count). The highest BCUT2D eigenvalue weighted by atomic mass is 16.3. The fourth-order valence-corrected chi connectivity index (χ4v) is 2.32. The van der Waals surface area contributed by atoms with Gasteiger partial charge in [0, 0.05) is 38.1 Å². The van der Waals surface area contributed by atoms with Gasteiger partial charge in [-0.3, -0.25) is 4.98 Å². The van der Waals surface area contributed by atoms with Crippen LogP contribution in [0.4, 0.5) is 0 Å². The van der Waals surface area contributed by atoms with Crippen molar-refractivity contribution in [1.29, 1.82) is 0 Å². The Kier molecular flexibility index (Phi) is 4.10. The third kappa shape index (κ3) is 3.25. The van der Waals surface area contributed by atoms with Crippen LogP contribution in [0, 0.1) is 0 Å². The lowest BCUT2D eigenvalue weighted by Crippen LogP contribution is -2.50. The second-order valence-electron chi connectivity index (χ2n) is 4.93. The lowest BCUT2D eigenvalue weighted by molar-refractivity contribution is 0.0633. The summed E-state index contributed by atoms with van der Waals surface area (Å²) >= 11 is 0. The third-order valence-corrected chi connectivity index (χ3v) is 3.54. The molecule has 0 bridgehead atoms. The van der Waals surface area contributed by atoms with E-state index in [-0.39, 0.29) is 0 Å². The molecule has 1 saturated heterocycles. The second-order valence-corrected chi connectivity index (χ2v) is 4.93. The maximum absolute atomic E-state index is 10.2. The number of rotatable bonds is 3. The smallest absolute Gasteiger partial charge is 0.0820 e. The molecule has 2 heterocycles. The molecule has 2 unspecified atom stereocenters. The van der Waals surface area contributed by atoms with E-state index in [1.54, 1.807) is 12.4 Å². The van der Waals surface area contributed by atoms with E-state index in [0.717, 1.165) is 31.6 Å². The van der Waals surface area contributed by atoms with Gasteiger partial charge in [0.25, 0.3) is 0 Å². The molecule has 4 nitrogen and oxygen atoms in total. The summed E-state index contributed by atoms with van der Waals surface area (Å²) in [5.74, 6) is 0. The van der Waals surface area contributed by atoms with Crippen LogP contribution < -0.4 is 0 Å². The third-order valence-electron chi connectivity index (χ3n) is 3.54. The van der Waals surface area contributed by atoms with E-state index in [2.05, 4.69) is 28.9 Å². The number of pyridine rings is 1. The minimum atomic E-state index is -0.414. The van der Waals surface area contributed by atoms with Crippen LogP contribution in [0.5, 0.6) is 0 Å². The number of hydrogen-bond donors (Lipinski definition) is 1. The molecule has 17 heavy (non-hydrogen) atoms. The average molecular weight is 235 g/mol. The summed E-state index contributed by atoms with van der Waals surface area (Å²) < 4.78 is 0. The molecule has 0 aromatic carbocycles. The van der Waals surface area contributed by atoms with Crippen LogP contribution in [-0.4, -0.2) is 59.7 Å². The number of likely N-dealkylation sites (N-methyl/N-ethyl adjacent to an activating group) is 2. The summed E-state index contributed by atoms with van der Waals surface area (Å²) in [5.41, 5.74) is 0.911. The number of aliphatic hydroxyl groups is 1. The SMILES string of the molecule is CN1CCN(C)C(CC(O)c2cccnc2)C1. The van der Waals surface area contributed by atoms with Crippen LogP contribution in [-0.2, 0) is 0 Å². The molecular weight excluding hydrogens is 214 g/mol. The average Bonchev–Trinajstić information content (AvgIpc) is 2.35. The first-order chi connectivity index (χ1) is 8.16. The van der Waals surface area contributed by atoms with E-state index in [1.165, 1.54) is 0 Å². The molecule has 0 aliphatic carbocycles. The van der Waals surface area contributed by atoms with E-state index < -0.39 is 6.10 Å². The summed E-state index contributed by atoms with van der Waals surface area (Å²) in [7, 11) is 4.27. The Morgan fingerprint density at radius 1 is 1.47 bits per heavy atom. The predicted molar refractivity (Wildman–Crippen MR) is 67.7 cm³/mol. The normalized spacial score (nSPS) is 24.8. The van der Waals surface area contributed by atoms with Crippen LogP contribution in [0.15, 0.2) is 24.5 Å². The molecule has 1 N–H and O–H groups in total. The zero-order valence-electron chi connectivity index (χ0n) is 10.6. The summed E-state index contributed by atoms with van der Waals surface area (Å²) in [5, 5.41) is 10.2. The van der Waals surface area contributed by atoms with Gasteiger partial charge in [-0.15, -0.1) is 0 Å². The van der Waals surface area contributed by atoms with Crippen molar-refractivity contribution in [3.63, 3.8) is 0 Å². The lowest BCUT2D eigenvalue weighted by atomic mass is 10.0. The van der Waals surface area contributed by atoms with E-state index in [9.17, 15) is 5.11 Å². The minimum absolute atomic E-state index is 0.414. The molecule has 1 aliphatic rings. The first-order valence-corrected chi connectivity index (χ1v) is 6.13. The molecule has 0 saturated carbocycles. The van der Waals surface area contributed by atoms with Gasteiger partial charge >= 0.3 is 0 Å². The summed E-state index contributed by atoms with van der Waals surface area (Å²) in [4.78, 5) is 8.70. The molecule has 4 heteroatoms. The van der Waals surface area contributed by atoms with Crippen molar-refractivity contribution in [3.05, 3.63) is 30.1 Å². The molecule has 0 radical (unpaired) electrons. The van der Waals surface area contributed by atoms with E-state index in [1.807, 2.05) is 12.1 Å². The predicted octanol–water partition coefficient (Wildman–Crippen LogP) is 0.751. The van der Waals surface area contributed by atoms with Crippen molar-refractivity contribution in [2.45, 2.75) is 18.6 Å². The topological polar surface area (TPSA) is 39.6 Å². The fraction of sp³-hybridized carbons (Fsp3) is 0.615. The molecule has 1 aromatic rings. The largest absolute Gasteiger partial charge is 0.388 e. The first-order valence-electron chi connectivity index (χ1n) is 6.13. The molecule has 1 aliphatic heterocycles. The Balaban J connectivity index is 1.96. The fourth-order valence-electron chi connectivity index (χ4n) is 2.32. The molecule has 0 amide bonds. The zero-order valence-corrected chi connectivity index (χ0v) is 10.6. The monoisotopic (exact) mass is 235 g/mol. The van der Waals surface area contributed by atoms with Crippen LogP contribution >= 0.6 is 0 Å². The van der Waals surface area contributed by atoms with E-state index >= 15 is 0 Å². The van der Waals surface area contributed by atoms with Gasteiger partial charge in [0.05, 0.1) is 6.10 Å². The van der Waals surface area contributed by atoms with Gasteiger partial charge in [-0.2, -0.15) is 0 Å². The highest BCUT2D eigenvalue weighted by Crippen LogP contribution is 2.21. The van der Waals surface area contributed by atoms with Gasteiger partial charge in [0.1, 0.15) is 0 Å². The summed E-state index contributed by atoms with van der Waals surface area (Å²) in [6.45, 7) is 3.20. The van der Waals surface area contributed by atoms with Crippen LogP contribution in [0.2, 0.25) is 0 Å². The molecule has 0 spiro atoms. The van der Waals surface area contributed by atoms with Gasteiger partial charge in [-0.25, -0.2) is 0 Å². The van der Waals surface area contributed by atoms with Gasteiger partial charge in [-0.05, 0) is 32.1 Å². The van der Waals surface area contributed by atoms with E-state index in [0.29, 0.717) is 6.04 Å². The quantitative estimate of drug-likeness (QED) is 0.839. The Hall–Kier alpha value is -0.970. The highest BCUT2D eigenvalue weighted by Gasteiger charge is 2.24. The maximum Gasteiger partial charge on any atom is 0.0820 e. The molecule has 94 valence electrons. The van der Waals surface area contributed by atoms with Gasteiger partial charge in [0.15, 0.2) is 0 Å². The van der Waals surface area contributed by atoms with Gasteiger partial charge < -0.3 is 14.9 Å². The Morgan fingerprint density at radius 3 is 3.00 bits per heavy atom.